The number of hydrogen-bond donors (Lipinski definition) is 1. The molecule has 7 heteroatoms. The summed E-state index contributed by atoms with van der Waals surface area (Å²) in [6.07, 6.45) is 0. The smallest absolute Gasteiger partial charge is 0.308 e. The van der Waals surface area contributed by atoms with Crippen LogP contribution in [-0.4, -0.2) is 40.0 Å². The van der Waals surface area contributed by atoms with Crippen molar-refractivity contribution in [2.45, 2.75) is 13.8 Å². The van der Waals surface area contributed by atoms with Gasteiger partial charge in [-0.3, -0.25) is 9.59 Å². The lowest BCUT2D eigenvalue weighted by molar-refractivity contribution is -0.141. The summed E-state index contributed by atoms with van der Waals surface area (Å²) in [4.78, 5) is 28.3. The number of carboxylic acid groups (broad SMARTS) is 1. The number of nitrogens with zero attached hydrogens (tertiary/aromatic N) is 2. The number of amides is 1. The summed E-state index contributed by atoms with van der Waals surface area (Å²) in [7, 11) is 0. The van der Waals surface area contributed by atoms with Crippen molar-refractivity contribution in [1.82, 2.24) is 9.88 Å². The van der Waals surface area contributed by atoms with Gasteiger partial charge in [0.15, 0.2) is 0 Å². The standard InChI is InChI=1S/C12H14Cl2N2O3/c1-3-16(6-7(2)12(18)19)11(17)8-4-5-9(13)15-10(8)14/h4-5,7H,3,6H2,1-2H3,(H,18,19). The summed E-state index contributed by atoms with van der Waals surface area (Å²) in [6, 6.07) is 2.95. The Bertz CT molecular complexity index is 494. The average Bonchev–Trinajstić information content (AvgIpc) is 2.34. The lowest BCUT2D eigenvalue weighted by atomic mass is 10.1. The van der Waals surface area contributed by atoms with Crippen LogP contribution in [0.5, 0.6) is 0 Å². The van der Waals surface area contributed by atoms with Crippen molar-refractivity contribution in [3.8, 4) is 0 Å². The molecule has 1 unspecified atom stereocenters. The van der Waals surface area contributed by atoms with Crippen molar-refractivity contribution >= 4 is 35.1 Å². The summed E-state index contributed by atoms with van der Waals surface area (Å²) < 4.78 is 0. The third-order valence-corrected chi connectivity index (χ3v) is 3.13. The topological polar surface area (TPSA) is 70.5 Å². The van der Waals surface area contributed by atoms with E-state index in [0.717, 1.165) is 0 Å². The Kier molecular flexibility index (Phi) is 5.57. The van der Waals surface area contributed by atoms with E-state index in [1.165, 1.54) is 17.0 Å². The SMILES string of the molecule is CCN(CC(C)C(=O)O)C(=O)c1ccc(Cl)nc1Cl. The predicted molar refractivity (Wildman–Crippen MR) is 72.6 cm³/mol. The van der Waals surface area contributed by atoms with Gasteiger partial charge in [-0.25, -0.2) is 4.98 Å². The van der Waals surface area contributed by atoms with Gasteiger partial charge in [0.25, 0.3) is 5.91 Å². The maximum atomic E-state index is 12.2. The molecule has 0 saturated heterocycles. The zero-order valence-corrected chi connectivity index (χ0v) is 12.1. The molecule has 1 N–H and O–H groups in total. The molecule has 1 aromatic heterocycles. The number of aliphatic carboxylic acids is 1. The lowest BCUT2D eigenvalue weighted by Gasteiger charge is -2.23. The van der Waals surface area contributed by atoms with Gasteiger partial charge in [0.05, 0.1) is 11.5 Å². The molecule has 0 aliphatic rings. The molecule has 0 bridgehead atoms. The minimum Gasteiger partial charge on any atom is -0.481 e. The van der Waals surface area contributed by atoms with Crippen molar-refractivity contribution in [3.05, 3.63) is 28.0 Å². The Hall–Kier alpha value is -1.33. The maximum absolute atomic E-state index is 12.2. The molecule has 0 aromatic carbocycles. The molecule has 0 aliphatic heterocycles. The van der Waals surface area contributed by atoms with Gasteiger partial charge in [-0.15, -0.1) is 0 Å². The van der Waals surface area contributed by atoms with Crippen molar-refractivity contribution in [3.63, 3.8) is 0 Å². The number of carbonyl (C=O) groups is 2. The van der Waals surface area contributed by atoms with Crippen LogP contribution in [0, 0.1) is 5.92 Å². The zero-order chi connectivity index (χ0) is 14.6. The fraction of sp³-hybridized carbons (Fsp3) is 0.417. The summed E-state index contributed by atoms with van der Waals surface area (Å²) in [5, 5.41) is 9.09. The third-order valence-electron chi connectivity index (χ3n) is 2.63. The van der Waals surface area contributed by atoms with E-state index < -0.39 is 11.9 Å². The molecule has 1 aromatic rings. The van der Waals surface area contributed by atoms with Gasteiger partial charge in [-0.2, -0.15) is 0 Å². The van der Waals surface area contributed by atoms with Gasteiger partial charge in [-0.05, 0) is 19.1 Å². The quantitative estimate of drug-likeness (QED) is 0.849. The minimum atomic E-state index is -0.952. The van der Waals surface area contributed by atoms with E-state index in [1.807, 2.05) is 0 Å². The highest BCUT2D eigenvalue weighted by Crippen LogP contribution is 2.19. The van der Waals surface area contributed by atoms with Gasteiger partial charge < -0.3 is 10.0 Å². The van der Waals surface area contributed by atoms with E-state index in [1.54, 1.807) is 13.8 Å². The number of rotatable bonds is 5. The molecule has 0 fully saturated rings. The van der Waals surface area contributed by atoms with E-state index in [2.05, 4.69) is 4.98 Å². The molecular weight excluding hydrogens is 291 g/mol. The first-order valence-electron chi connectivity index (χ1n) is 5.71. The molecule has 1 heterocycles. The lowest BCUT2D eigenvalue weighted by Crippen LogP contribution is -2.37. The van der Waals surface area contributed by atoms with Crippen LogP contribution in [0.15, 0.2) is 12.1 Å². The fourth-order valence-electron chi connectivity index (χ4n) is 1.51. The van der Waals surface area contributed by atoms with Crippen LogP contribution in [-0.2, 0) is 4.79 Å². The summed E-state index contributed by atoms with van der Waals surface area (Å²) in [5.41, 5.74) is 0.213. The highest BCUT2D eigenvalue weighted by atomic mass is 35.5. The van der Waals surface area contributed by atoms with E-state index in [0.29, 0.717) is 6.54 Å². The largest absolute Gasteiger partial charge is 0.481 e. The normalized spacial score (nSPS) is 12.0. The highest BCUT2D eigenvalue weighted by Gasteiger charge is 2.22. The predicted octanol–water partition coefficient (Wildman–Crippen LogP) is 2.57. The monoisotopic (exact) mass is 304 g/mol. The zero-order valence-electron chi connectivity index (χ0n) is 10.6. The highest BCUT2D eigenvalue weighted by molar-refractivity contribution is 6.34. The third kappa shape index (κ3) is 4.08. The van der Waals surface area contributed by atoms with Crippen molar-refractivity contribution in [2.24, 2.45) is 5.92 Å². The number of aromatic nitrogens is 1. The van der Waals surface area contributed by atoms with E-state index in [9.17, 15) is 9.59 Å². The Morgan fingerprint density at radius 1 is 1.42 bits per heavy atom. The number of carbonyl (C=O) groups excluding carboxylic acids is 1. The Morgan fingerprint density at radius 3 is 2.53 bits per heavy atom. The molecule has 0 spiro atoms. The second-order valence-corrected chi connectivity index (χ2v) is 4.80. The summed E-state index contributed by atoms with van der Waals surface area (Å²) in [5.74, 6) is -1.96. The minimum absolute atomic E-state index is 0.0129. The van der Waals surface area contributed by atoms with Gasteiger partial charge in [-0.1, -0.05) is 30.1 Å². The van der Waals surface area contributed by atoms with Crippen molar-refractivity contribution in [1.29, 1.82) is 0 Å². The van der Waals surface area contributed by atoms with Crippen LogP contribution < -0.4 is 0 Å². The first-order valence-corrected chi connectivity index (χ1v) is 6.46. The van der Waals surface area contributed by atoms with E-state index in [4.69, 9.17) is 28.3 Å². The van der Waals surface area contributed by atoms with Crippen LogP contribution in [0.25, 0.3) is 0 Å². The second kappa shape index (κ2) is 6.73. The fourth-order valence-corrected chi connectivity index (χ4v) is 1.93. The van der Waals surface area contributed by atoms with Gasteiger partial charge in [0, 0.05) is 13.1 Å². The van der Waals surface area contributed by atoms with Crippen LogP contribution in [0.4, 0.5) is 0 Å². The van der Waals surface area contributed by atoms with Crippen LogP contribution in [0.3, 0.4) is 0 Å². The van der Waals surface area contributed by atoms with Crippen molar-refractivity contribution < 1.29 is 14.7 Å². The molecule has 1 rings (SSSR count). The van der Waals surface area contributed by atoms with Gasteiger partial charge >= 0.3 is 5.97 Å². The van der Waals surface area contributed by atoms with Gasteiger partial charge in [0.2, 0.25) is 0 Å². The second-order valence-electron chi connectivity index (χ2n) is 4.06. The number of pyridine rings is 1. The molecule has 19 heavy (non-hydrogen) atoms. The van der Waals surface area contributed by atoms with Crippen molar-refractivity contribution in [2.75, 3.05) is 13.1 Å². The summed E-state index contributed by atoms with van der Waals surface area (Å²) in [6.45, 7) is 3.81. The van der Waals surface area contributed by atoms with Crippen LogP contribution in [0.1, 0.15) is 24.2 Å². The van der Waals surface area contributed by atoms with E-state index >= 15 is 0 Å². The number of halogens is 2. The number of carboxylic acids is 1. The molecule has 104 valence electrons. The first kappa shape index (κ1) is 15.7. The molecule has 0 radical (unpaired) electrons. The Balaban J connectivity index is 2.92. The molecule has 0 saturated carbocycles. The van der Waals surface area contributed by atoms with E-state index in [-0.39, 0.29) is 28.3 Å². The van der Waals surface area contributed by atoms with Crippen LogP contribution in [0.2, 0.25) is 10.3 Å². The molecule has 1 amide bonds. The van der Waals surface area contributed by atoms with Gasteiger partial charge in [0.1, 0.15) is 10.3 Å². The average molecular weight is 305 g/mol. The Morgan fingerprint density at radius 2 is 2.05 bits per heavy atom. The molecular formula is C12H14Cl2N2O3. The number of hydrogen-bond acceptors (Lipinski definition) is 3. The Labute approximate surface area is 121 Å². The molecule has 5 nitrogen and oxygen atoms in total. The van der Waals surface area contributed by atoms with Crippen LogP contribution >= 0.6 is 23.2 Å². The molecule has 0 aliphatic carbocycles. The summed E-state index contributed by atoms with van der Waals surface area (Å²) >= 11 is 11.5. The first-order chi connectivity index (χ1) is 8.86. The maximum Gasteiger partial charge on any atom is 0.308 e. The molecule has 1 atom stereocenters.